The molecule has 1 N–H and O–H groups in total. The first-order chi connectivity index (χ1) is 14.1. The number of thiophene rings is 1. The van der Waals surface area contributed by atoms with E-state index >= 15 is 0 Å². The fourth-order valence-electron chi connectivity index (χ4n) is 3.96. The second-order valence-electron chi connectivity index (χ2n) is 7.34. The molecule has 1 fully saturated rings. The zero-order valence-electron chi connectivity index (χ0n) is 16.4. The molecule has 0 spiro atoms. The minimum absolute atomic E-state index is 0.278. The number of nitrogens with zero attached hydrogens (tertiary/aromatic N) is 2. The number of halogens is 1. The maximum atomic E-state index is 12.3. The zero-order valence-corrected chi connectivity index (χ0v) is 18.8. The summed E-state index contributed by atoms with van der Waals surface area (Å²) in [5.41, 5.74) is 2.96. The summed E-state index contributed by atoms with van der Waals surface area (Å²) >= 11 is 13.6. The van der Waals surface area contributed by atoms with Crippen LogP contribution in [0, 0.1) is 0 Å². The number of fused-ring (bicyclic) bond motifs is 1. The SMILES string of the molecule is COC(=O)c1c(NC(=S)N2CCN(Cc3ccccc3Cl)CC2)sc2c1CCC2. The molecule has 1 saturated heterocycles. The lowest BCUT2D eigenvalue weighted by molar-refractivity contribution is 0.0601. The Kier molecular flexibility index (Phi) is 6.39. The predicted molar refractivity (Wildman–Crippen MR) is 122 cm³/mol. The summed E-state index contributed by atoms with van der Waals surface area (Å²) in [4.78, 5) is 18.2. The summed E-state index contributed by atoms with van der Waals surface area (Å²) in [5, 5.41) is 5.64. The minimum atomic E-state index is -0.278. The van der Waals surface area contributed by atoms with Gasteiger partial charge in [0.1, 0.15) is 5.00 Å². The monoisotopic (exact) mass is 449 g/mol. The van der Waals surface area contributed by atoms with Crippen LogP contribution in [0.3, 0.4) is 0 Å². The number of rotatable bonds is 4. The second kappa shape index (κ2) is 9.00. The van der Waals surface area contributed by atoms with Gasteiger partial charge in [0.25, 0.3) is 0 Å². The van der Waals surface area contributed by atoms with E-state index in [1.807, 2.05) is 18.2 Å². The maximum Gasteiger partial charge on any atom is 0.341 e. The fraction of sp³-hybridized carbons (Fsp3) is 0.429. The number of hydrogen-bond donors (Lipinski definition) is 1. The Bertz CT molecular complexity index is 923. The quantitative estimate of drug-likeness (QED) is 0.557. The summed E-state index contributed by atoms with van der Waals surface area (Å²) in [6, 6.07) is 7.99. The van der Waals surface area contributed by atoms with Crippen LogP contribution in [-0.2, 0) is 24.1 Å². The largest absolute Gasteiger partial charge is 0.465 e. The Morgan fingerprint density at radius 3 is 2.72 bits per heavy atom. The Balaban J connectivity index is 1.37. The highest BCUT2D eigenvalue weighted by Crippen LogP contribution is 2.39. The fourth-order valence-corrected chi connectivity index (χ4v) is 5.78. The van der Waals surface area contributed by atoms with Crippen molar-refractivity contribution in [3.8, 4) is 0 Å². The van der Waals surface area contributed by atoms with E-state index in [0.29, 0.717) is 10.7 Å². The third-order valence-corrected chi connectivity index (χ3v) is 7.48. The van der Waals surface area contributed by atoms with Gasteiger partial charge in [-0.15, -0.1) is 11.3 Å². The normalized spacial score (nSPS) is 16.6. The predicted octanol–water partition coefficient (Wildman–Crippen LogP) is 4.19. The lowest BCUT2D eigenvalue weighted by Gasteiger charge is -2.36. The first-order valence-electron chi connectivity index (χ1n) is 9.81. The van der Waals surface area contributed by atoms with Crippen molar-refractivity contribution in [2.24, 2.45) is 0 Å². The van der Waals surface area contributed by atoms with Crippen molar-refractivity contribution < 1.29 is 9.53 Å². The molecule has 8 heteroatoms. The molecule has 4 rings (SSSR count). The van der Waals surface area contributed by atoms with E-state index in [9.17, 15) is 4.79 Å². The number of thiocarbonyl (C=S) groups is 1. The molecule has 2 heterocycles. The van der Waals surface area contributed by atoms with Crippen LogP contribution in [0.1, 0.15) is 32.8 Å². The van der Waals surface area contributed by atoms with E-state index < -0.39 is 0 Å². The van der Waals surface area contributed by atoms with Gasteiger partial charge in [-0.2, -0.15) is 0 Å². The second-order valence-corrected chi connectivity index (χ2v) is 9.24. The van der Waals surface area contributed by atoms with Gasteiger partial charge < -0.3 is 15.0 Å². The van der Waals surface area contributed by atoms with Crippen LogP contribution in [0.15, 0.2) is 24.3 Å². The van der Waals surface area contributed by atoms with Crippen LogP contribution in [-0.4, -0.2) is 54.2 Å². The van der Waals surface area contributed by atoms with Crippen molar-refractivity contribution in [2.75, 3.05) is 38.6 Å². The average Bonchev–Trinajstić information content (AvgIpc) is 3.30. The Morgan fingerprint density at radius 1 is 1.24 bits per heavy atom. The van der Waals surface area contributed by atoms with E-state index in [2.05, 4.69) is 21.2 Å². The molecule has 2 aliphatic rings. The summed E-state index contributed by atoms with van der Waals surface area (Å²) in [6.45, 7) is 4.36. The smallest absolute Gasteiger partial charge is 0.341 e. The number of methoxy groups -OCH3 is 1. The topological polar surface area (TPSA) is 44.8 Å². The van der Waals surface area contributed by atoms with Gasteiger partial charge >= 0.3 is 5.97 Å². The Labute approximate surface area is 185 Å². The molecule has 1 aliphatic heterocycles. The number of hydrogen-bond acceptors (Lipinski definition) is 5. The number of piperazine rings is 1. The van der Waals surface area contributed by atoms with Crippen LogP contribution in [0.4, 0.5) is 5.00 Å². The lowest BCUT2D eigenvalue weighted by Crippen LogP contribution is -2.49. The van der Waals surface area contributed by atoms with Crippen molar-refractivity contribution in [2.45, 2.75) is 25.8 Å². The Morgan fingerprint density at radius 2 is 2.00 bits per heavy atom. The van der Waals surface area contributed by atoms with Gasteiger partial charge in [0.2, 0.25) is 0 Å². The van der Waals surface area contributed by atoms with Crippen LogP contribution in [0.2, 0.25) is 5.02 Å². The first-order valence-corrected chi connectivity index (χ1v) is 11.4. The molecular formula is C21H24ClN3O2S2. The molecular weight excluding hydrogens is 426 g/mol. The van der Waals surface area contributed by atoms with Crippen molar-refractivity contribution in [3.63, 3.8) is 0 Å². The van der Waals surface area contributed by atoms with E-state index in [-0.39, 0.29) is 5.97 Å². The van der Waals surface area contributed by atoms with Gasteiger partial charge in [-0.05, 0) is 48.7 Å². The standard InChI is InChI=1S/C21H24ClN3O2S2/c1-27-20(26)18-15-6-4-8-17(15)29-19(18)23-21(28)25-11-9-24(10-12-25)13-14-5-2-3-7-16(14)22/h2-3,5,7H,4,6,8-13H2,1H3,(H,23,28). The van der Waals surface area contributed by atoms with Crippen LogP contribution >= 0.6 is 35.2 Å². The molecule has 0 unspecified atom stereocenters. The molecule has 0 amide bonds. The zero-order chi connectivity index (χ0) is 20.4. The summed E-state index contributed by atoms with van der Waals surface area (Å²) in [6.07, 6.45) is 3.06. The van der Waals surface area contributed by atoms with Gasteiger partial charge in [-0.3, -0.25) is 4.90 Å². The molecule has 5 nitrogen and oxygen atoms in total. The molecule has 0 radical (unpaired) electrons. The molecule has 0 bridgehead atoms. The van der Waals surface area contributed by atoms with E-state index in [1.54, 1.807) is 11.3 Å². The number of carbonyl (C=O) groups is 1. The lowest BCUT2D eigenvalue weighted by atomic mass is 10.1. The molecule has 2 aromatic rings. The average molecular weight is 450 g/mol. The number of aryl methyl sites for hydroxylation is 1. The molecule has 154 valence electrons. The van der Waals surface area contributed by atoms with Gasteiger partial charge in [-0.25, -0.2) is 4.79 Å². The number of carbonyl (C=O) groups excluding carboxylic acids is 1. The van der Waals surface area contributed by atoms with E-state index in [4.69, 9.17) is 28.6 Å². The molecule has 29 heavy (non-hydrogen) atoms. The van der Waals surface area contributed by atoms with E-state index in [0.717, 1.165) is 73.1 Å². The number of ether oxygens (including phenoxy) is 1. The van der Waals surface area contributed by atoms with E-state index in [1.165, 1.54) is 12.0 Å². The first kappa shape index (κ1) is 20.6. The van der Waals surface area contributed by atoms with Crippen molar-refractivity contribution in [3.05, 3.63) is 50.9 Å². The van der Waals surface area contributed by atoms with Crippen molar-refractivity contribution in [1.82, 2.24) is 9.80 Å². The number of esters is 1. The highest BCUT2D eigenvalue weighted by molar-refractivity contribution is 7.80. The minimum Gasteiger partial charge on any atom is -0.465 e. The van der Waals surface area contributed by atoms with Crippen LogP contribution in [0.25, 0.3) is 0 Å². The highest BCUT2D eigenvalue weighted by atomic mass is 35.5. The molecule has 1 aromatic carbocycles. The third-order valence-electron chi connectivity index (χ3n) is 5.54. The van der Waals surface area contributed by atoms with Gasteiger partial charge in [0.05, 0.1) is 12.7 Å². The summed E-state index contributed by atoms with van der Waals surface area (Å²) in [5.74, 6) is -0.278. The summed E-state index contributed by atoms with van der Waals surface area (Å²) in [7, 11) is 1.43. The van der Waals surface area contributed by atoms with Crippen molar-refractivity contribution in [1.29, 1.82) is 0 Å². The third kappa shape index (κ3) is 4.43. The van der Waals surface area contributed by atoms with Crippen LogP contribution in [0.5, 0.6) is 0 Å². The number of nitrogens with one attached hydrogen (secondary N) is 1. The van der Waals surface area contributed by atoms with Gasteiger partial charge in [0.15, 0.2) is 5.11 Å². The van der Waals surface area contributed by atoms with Crippen molar-refractivity contribution >= 4 is 51.2 Å². The maximum absolute atomic E-state index is 12.3. The Hall–Kier alpha value is -1.67. The van der Waals surface area contributed by atoms with Crippen LogP contribution < -0.4 is 5.32 Å². The highest BCUT2D eigenvalue weighted by Gasteiger charge is 2.28. The number of anilines is 1. The van der Waals surface area contributed by atoms with Gasteiger partial charge in [-0.1, -0.05) is 29.8 Å². The molecule has 1 aromatic heterocycles. The molecule has 0 atom stereocenters. The number of benzene rings is 1. The molecule has 1 aliphatic carbocycles. The molecule has 0 saturated carbocycles. The van der Waals surface area contributed by atoms with Gasteiger partial charge in [0, 0.05) is 42.6 Å². The summed E-state index contributed by atoms with van der Waals surface area (Å²) < 4.78 is 5.02.